The maximum absolute atomic E-state index is 11.3. The maximum atomic E-state index is 11.3. The van der Waals surface area contributed by atoms with Gasteiger partial charge < -0.3 is 15.2 Å². The minimum absolute atomic E-state index is 0.238. The standard InChI is InChI=1S/C21H34N2O3S/c1-16-8-10-17(11-9-16)12-13-19(27)22-14-6-5-7-18(20(24)25)23-15-26-21(2,3)4/h8-11,18,23H,5-7,12-15H2,1-4H3,(H,22,27)(H,24,25). The second-order valence-electron chi connectivity index (χ2n) is 7.83. The number of aryl methyl sites for hydroxylation is 2. The van der Waals surface area contributed by atoms with Gasteiger partial charge in [0.25, 0.3) is 0 Å². The molecule has 0 amide bonds. The van der Waals surface area contributed by atoms with Gasteiger partial charge in [-0.2, -0.15) is 0 Å². The molecule has 1 aromatic carbocycles. The summed E-state index contributed by atoms with van der Waals surface area (Å²) < 4.78 is 5.53. The SMILES string of the molecule is Cc1ccc(CCC(=S)NCCCCC(NCOC(C)(C)C)C(=O)O)cc1. The zero-order valence-corrected chi connectivity index (χ0v) is 17.8. The summed E-state index contributed by atoms with van der Waals surface area (Å²) in [5.74, 6) is -0.839. The first kappa shape index (κ1) is 23.5. The molecule has 0 aliphatic carbocycles. The van der Waals surface area contributed by atoms with Crippen LogP contribution in [-0.2, 0) is 16.0 Å². The molecule has 0 spiro atoms. The zero-order valence-electron chi connectivity index (χ0n) is 17.0. The first-order valence-electron chi connectivity index (χ1n) is 9.60. The Balaban J connectivity index is 2.15. The number of aliphatic carboxylic acids is 1. The molecule has 0 saturated heterocycles. The molecule has 5 nitrogen and oxygen atoms in total. The molecule has 3 N–H and O–H groups in total. The molecule has 152 valence electrons. The lowest BCUT2D eigenvalue weighted by atomic mass is 10.1. The predicted molar refractivity (Wildman–Crippen MR) is 114 cm³/mol. The molecule has 0 heterocycles. The largest absolute Gasteiger partial charge is 0.480 e. The molecule has 1 atom stereocenters. The van der Waals surface area contributed by atoms with E-state index in [1.807, 2.05) is 20.8 Å². The second kappa shape index (κ2) is 12.1. The zero-order chi connectivity index (χ0) is 20.3. The molecule has 0 aliphatic heterocycles. The van der Waals surface area contributed by atoms with Crippen LogP contribution in [-0.4, -0.2) is 41.0 Å². The van der Waals surface area contributed by atoms with Crippen LogP contribution in [0, 0.1) is 6.92 Å². The Labute approximate surface area is 168 Å². The van der Waals surface area contributed by atoms with Gasteiger partial charge in [-0.25, -0.2) is 0 Å². The van der Waals surface area contributed by atoms with Crippen LogP contribution in [0.4, 0.5) is 0 Å². The number of carboxylic acid groups (broad SMARTS) is 1. The van der Waals surface area contributed by atoms with E-state index in [1.54, 1.807) is 0 Å². The van der Waals surface area contributed by atoms with Gasteiger partial charge in [-0.1, -0.05) is 42.0 Å². The van der Waals surface area contributed by atoms with E-state index in [1.165, 1.54) is 11.1 Å². The number of hydrogen-bond acceptors (Lipinski definition) is 4. The summed E-state index contributed by atoms with van der Waals surface area (Å²) in [6, 6.07) is 7.93. The van der Waals surface area contributed by atoms with Crippen molar-refractivity contribution >= 4 is 23.2 Å². The topological polar surface area (TPSA) is 70.6 Å². The van der Waals surface area contributed by atoms with E-state index in [0.717, 1.165) is 37.2 Å². The molecule has 0 radical (unpaired) electrons. The van der Waals surface area contributed by atoms with Crippen molar-refractivity contribution in [2.24, 2.45) is 0 Å². The fourth-order valence-corrected chi connectivity index (χ4v) is 2.68. The summed E-state index contributed by atoms with van der Waals surface area (Å²) in [7, 11) is 0. The molecule has 27 heavy (non-hydrogen) atoms. The van der Waals surface area contributed by atoms with Gasteiger partial charge in [-0.15, -0.1) is 0 Å². The number of carboxylic acids is 1. The van der Waals surface area contributed by atoms with Gasteiger partial charge in [0, 0.05) is 13.0 Å². The quantitative estimate of drug-likeness (QED) is 0.284. The second-order valence-corrected chi connectivity index (χ2v) is 8.32. The number of nitrogens with one attached hydrogen (secondary N) is 2. The van der Waals surface area contributed by atoms with Crippen molar-refractivity contribution < 1.29 is 14.6 Å². The smallest absolute Gasteiger partial charge is 0.320 e. The molecule has 0 saturated carbocycles. The highest BCUT2D eigenvalue weighted by molar-refractivity contribution is 7.80. The third kappa shape index (κ3) is 11.7. The molecule has 0 aromatic heterocycles. The van der Waals surface area contributed by atoms with E-state index < -0.39 is 12.0 Å². The Morgan fingerprint density at radius 3 is 2.48 bits per heavy atom. The van der Waals surface area contributed by atoms with Crippen LogP contribution < -0.4 is 10.6 Å². The van der Waals surface area contributed by atoms with Crippen LogP contribution in [0.15, 0.2) is 24.3 Å². The van der Waals surface area contributed by atoms with E-state index >= 15 is 0 Å². The Bertz CT molecular complexity index is 582. The number of rotatable bonds is 12. The molecule has 1 unspecified atom stereocenters. The van der Waals surface area contributed by atoms with Gasteiger partial charge in [0.2, 0.25) is 0 Å². The van der Waals surface area contributed by atoms with Crippen molar-refractivity contribution in [2.45, 2.75) is 71.4 Å². The van der Waals surface area contributed by atoms with E-state index in [4.69, 9.17) is 17.0 Å². The average molecular weight is 395 g/mol. The van der Waals surface area contributed by atoms with E-state index in [-0.39, 0.29) is 12.3 Å². The van der Waals surface area contributed by atoms with Crippen molar-refractivity contribution in [3.63, 3.8) is 0 Å². The molecule has 0 aliphatic rings. The number of thiocarbonyl (C=S) groups is 1. The number of benzene rings is 1. The van der Waals surface area contributed by atoms with Gasteiger partial charge in [0.15, 0.2) is 0 Å². The lowest BCUT2D eigenvalue weighted by Gasteiger charge is -2.22. The fourth-order valence-electron chi connectivity index (χ4n) is 2.47. The number of unbranched alkanes of at least 4 members (excludes halogenated alkanes) is 1. The third-order valence-electron chi connectivity index (χ3n) is 4.14. The maximum Gasteiger partial charge on any atom is 0.320 e. The lowest BCUT2D eigenvalue weighted by Crippen LogP contribution is -2.40. The molecule has 0 bridgehead atoms. The highest BCUT2D eigenvalue weighted by atomic mass is 32.1. The van der Waals surface area contributed by atoms with Crippen LogP contribution in [0.3, 0.4) is 0 Å². The molecule has 1 rings (SSSR count). The monoisotopic (exact) mass is 394 g/mol. The fraction of sp³-hybridized carbons (Fsp3) is 0.619. The lowest BCUT2D eigenvalue weighted by molar-refractivity contribution is -0.140. The highest BCUT2D eigenvalue weighted by Crippen LogP contribution is 2.08. The molecular weight excluding hydrogens is 360 g/mol. The number of hydrogen-bond donors (Lipinski definition) is 3. The Morgan fingerprint density at radius 1 is 1.22 bits per heavy atom. The summed E-state index contributed by atoms with van der Waals surface area (Å²) >= 11 is 5.38. The van der Waals surface area contributed by atoms with Gasteiger partial charge in [-0.3, -0.25) is 10.1 Å². The van der Waals surface area contributed by atoms with Crippen LogP contribution in [0.1, 0.15) is 57.6 Å². The van der Waals surface area contributed by atoms with E-state index in [2.05, 4.69) is 41.8 Å². The first-order chi connectivity index (χ1) is 12.7. The van der Waals surface area contributed by atoms with Crippen molar-refractivity contribution in [3.8, 4) is 0 Å². The summed E-state index contributed by atoms with van der Waals surface area (Å²) in [6.45, 7) is 8.92. The van der Waals surface area contributed by atoms with Crippen molar-refractivity contribution in [2.75, 3.05) is 13.3 Å². The summed E-state index contributed by atoms with van der Waals surface area (Å²) in [4.78, 5) is 12.2. The minimum atomic E-state index is -0.839. The van der Waals surface area contributed by atoms with Gasteiger partial charge in [0.1, 0.15) is 6.04 Å². The summed E-state index contributed by atoms with van der Waals surface area (Å²) in [6.07, 6.45) is 4.04. The predicted octanol–water partition coefficient (Wildman–Crippen LogP) is 3.83. The Hall–Kier alpha value is -1.50. The Morgan fingerprint density at radius 2 is 1.89 bits per heavy atom. The summed E-state index contributed by atoms with van der Waals surface area (Å²) in [5, 5.41) is 15.5. The average Bonchev–Trinajstić information content (AvgIpc) is 2.58. The minimum Gasteiger partial charge on any atom is -0.480 e. The van der Waals surface area contributed by atoms with Crippen molar-refractivity contribution in [3.05, 3.63) is 35.4 Å². The van der Waals surface area contributed by atoms with E-state index in [0.29, 0.717) is 6.42 Å². The van der Waals surface area contributed by atoms with E-state index in [9.17, 15) is 9.90 Å². The third-order valence-corrected chi connectivity index (χ3v) is 4.48. The first-order valence-corrected chi connectivity index (χ1v) is 10.0. The number of carbonyl (C=O) groups is 1. The normalized spacial score (nSPS) is 12.6. The number of ether oxygens (including phenoxy) is 1. The molecule has 0 fully saturated rings. The van der Waals surface area contributed by atoms with Crippen LogP contribution >= 0.6 is 12.2 Å². The van der Waals surface area contributed by atoms with Gasteiger partial charge in [0.05, 0.1) is 17.3 Å². The van der Waals surface area contributed by atoms with Gasteiger partial charge in [-0.05, 0) is 58.9 Å². The van der Waals surface area contributed by atoms with Crippen LogP contribution in [0.5, 0.6) is 0 Å². The van der Waals surface area contributed by atoms with Gasteiger partial charge >= 0.3 is 5.97 Å². The summed E-state index contributed by atoms with van der Waals surface area (Å²) in [5.41, 5.74) is 2.27. The Kier molecular flexibility index (Phi) is 10.5. The molecule has 6 heteroatoms. The van der Waals surface area contributed by atoms with Crippen molar-refractivity contribution in [1.29, 1.82) is 0 Å². The molecular formula is C21H34N2O3S. The molecule has 1 aromatic rings. The van der Waals surface area contributed by atoms with Crippen LogP contribution in [0.25, 0.3) is 0 Å². The van der Waals surface area contributed by atoms with Crippen LogP contribution in [0.2, 0.25) is 0 Å². The highest BCUT2D eigenvalue weighted by Gasteiger charge is 2.17. The van der Waals surface area contributed by atoms with Crippen molar-refractivity contribution in [1.82, 2.24) is 10.6 Å².